The van der Waals surface area contributed by atoms with E-state index in [1.54, 1.807) is 0 Å². The van der Waals surface area contributed by atoms with Crippen molar-refractivity contribution < 1.29 is 22.7 Å². The maximum Gasteiger partial charge on any atom is 0.341 e. The lowest BCUT2D eigenvalue weighted by Gasteiger charge is -2.12. The monoisotopic (exact) mass is 415 g/mol. The SMILES string of the molecule is COC(=O)c1c(NS(=O)(=O)c2ccc(OC)c(Cl)c2)sc2c1CCCC2. The predicted molar refractivity (Wildman–Crippen MR) is 101 cm³/mol. The number of carbonyl (C=O) groups is 1. The van der Waals surface area contributed by atoms with E-state index in [0.717, 1.165) is 36.1 Å². The van der Waals surface area contributed by atoms with E-state index in [9.17, 15) is 13.2 Å². The lowest BCUT2D eigenvalue weighted by atomic mass is 9.95. The number of methoxy groups -OCH3 is 2. The van der Waals surface area contributed by atoms with Crippen LogP contribution >= 0.6 is 22.9 Å². The molecule has 26 heavy (non-hydrogen) atoms. The molecule has 0 unspecified atom stereocenters. The van der Waals surface area contributed by atoms with Gasteiger partial charge in [0.1, 0.15) is 10.8 Å². The molecule has 1 aromatic heterocycles. The van der Waals surface area contributed by atoms with Gasteiger partial charge in [0.05, 0.1) is 29.7 Å². The van der Waals surface area contributed by atoms with Gasteiger partial charge in [-0.3, -0.25) is 4.72 Å². The van der Waals surface area contributed by atoms with Crippen LogP contribution in [0, 0.1) is 0 Å². The Balaban J connectivity index is 2.01. The molecule has 140 valence electrons. The highest BCUT2D eigenvalue weighted by atomic mass is 35.5. The van der Waals surface area contributed by atoms with E-state index in [4.69, 9.17) is 21.1 Å². The van der Waals surface area contributed by atoms with Crippen molar-refractivity contribution in [3.8, 4) is 5.75 Å². The molecular formula is C17H18ClNO5S2. The van der Waals surface area contributed by atoms with Gasteiger partial charge in [-0.25, -0.2) is 13.2 Å². The Labute approximate surface area is 161 Å². The van der Waals surface area contributed by atoms with Crippen LogP contribution in [0.3, 0.4) is 0 Å². The molecule has 1 aromatic carbocycles. The summed E-state index contributed by atoms with van der Waals surface area (Å²) in [6.07, 6.45) is 3.56. The van der Waals surface area contributed by atoms with Gasteiger partial charge in [0, 0.05) is 4.88 Å². The third-order valence-electron chi connectivity index (χ3n) is 4.22. The van der Waals surface area contributed by atoms with E-state index >= 15 is 0 Å². The second kappa shape index (κ2) is 7.46. The molecule has 0 amide bonds. The number of hydrogen-bond acceptors (Lipinski definition) is 6. The number of sulfonamides is 1. The van der Waals surface area contributed by atoms with Crippen molar-refractivity contribution in [2.45, 2.75) is 30.6 Å². The number of rotatable bonds is 5. The van der Waals surface area contributed by atoms with E-state index in [1.165, 1.54) is 43.8 Å². The molecule has 6 nitrogen and oxygen atoms in total. The fourth-order valence-corrected chi connectivity index (χ4v) is 5.88. The first-order valence-corrected chi connectivity index (χ1v) is 10.6. The lowest BCUT2D eigenvalue weighted by Crippen LogP contribution is -2.15. The molecule has 1 N–H and O–H groups in total. The average Bonchev–Trinajstić information content (AvgIpc) is 2.98. The van der Waals surface area contributed by atoms with E-state index < -0.39 is 16.0 Å². The number of aryl methyl sites for hydroxylation is 1. The second-order valence-corrected chi connectivity index (χ2v) is 9.00. The van der Waals surface area contributed by atoms with Crippen LogP contribution in [0.25, 0.3) is 0 Å². The lowest BCUT2D eigenvalue weighted by molar-refractivity contribution is 0.0601. The summed E-state index contributed by atoms with van der Waals surface area (Å²) in [7, 11) is -1.17. The van der Waals surface area contributed by atoms with Gasteiger partial charge in [-0.1, -0.05) is 11.6 Å². The van der Waals surface area contributed by atoms with E-state index in [0.29, 0.717) is 11.3 Å². The van der Waals surface area contributed by atoms with E-state index in [2.05, 4.69) is 4.72 Å². The number of ether oxygens (including phenoxy) is 2. The number of fused-ring (bicyclic) bond motifs is 1. The molecule has 1 heterocycles. The maximum atomic E-state index is 12.8. The number of esters is 1. The predicted octanol–water partition coefficient (Wildman–Crippen LogP) is 3.88. The largest absolute Gasteiger partial charge is 0.495 e. The van der Waals surface area contributed by atoms with Gasteiger partial charge in [-0.15, -0.1) is 11.3 Å². The van der Waals surface area contributed by atoms with Gasteiger partial charge in [-0.05, 0) is 49.4 Å². The third kappa shape index (κ3) is 3.54. The minimum Gasteiger partial charge on any atom is -0.495 e. The zero-order valence-corrected chi connectivity index (χ0v) is 16.7. The number of halogens is 1. The summed E-state index contributed by atoms with van der Waals surface area (Å²) in [6, 6.07) is 4.20. The van der Waals surface area contributed by atoms with Gasteiger partial charge in [0.2, 0.25) is 0 Å². The van der Waals surface area contributed by atoms with Crippen LogP contribution in [0.2, 0.25) is 5.02 Å². The Morgan fingerprint density at radius 1 is 1.23 bits per heavy atom. The van der Waals surface area contributed by atoms with Crippen LogP contribution in [0.5, 0.6) is 5.75 Å². The summed E-state index contributed by atoms with van der Waals surface area (Å²) < 4.78 is 38.0. The van der Waals surface area contributed by atoms with Crippen molar-refractivity contribution in [3.05, 3.63) is 39.2 Å². The van der Waals surface area contributed by atoms with Crippen molar-refractivity contribution in [1.82, 2.24) is 0 Å². The maximum absolute atomic E-state index is 12.8. The third-order valence-corrected chi connectivity index (χ3v) is 7.20. The molecule has 0 fully saturated rings. The minimum absolute atomic E-state index is 0.00881. The molecule has 2 aromatic rings. The van der Waals surface area contributed by atoms with E-state index in [-0.39, 0.29) is 14.9 Å². The highest BCUT2D eigenvalue weighted by Crippen LogP contribution is 2.39. The Morgan fingerprint density at radius 2 is 1.96 bits per heavy atom. The Hall–Kier alpha value is -1.77. The quantitative estimate of drug-likeness (QED) is 0.749. The molecule has 0 atom stereocenters. The summed E-state index contributed by atoms with van der Waals surface area (Å²) in [5, 5.41) is 0.477. The number of nitrogens with one attached hydrogen (secondary N) is 1. The zero-order valence-electron chi connectivity index (χ0n) is 14.3. The van der Waals surface area contributed by atoms with Crippen LogP contribution in [-0.4, -0.2) is 28.6 Å². The molecule has 0 saturated carbocycles. The van der Waals surface area contributed by atoms with Crippen molar-refractivity contribution in [2.24, 2.45) is 0 Å². The van der Waals surface area contributed by atoms with Crippen molar-refractivity contribution in [3.63, 3.8) is 0 Å². The first kappa shape index (κ1) is 19.0. The average molecular weight is 416 g/mol. The van der Waals surface area contributed by atoms with Gasteiger partial charge in [0.25, 0.3) is 10.0 Å². The number of hydrogen-bond donors (Lipinski definition) is 1. The smallest absolute Gasteiger partial charge is 0.341 e. The van der Waals surface area contributed by atoms with Crippen LogP contribution < -0.4 is 9.46 Å². The number of anilines is 1. The zero-order chi connectivity index (χ0) is 18.9. The molecule has 0 radical (unpaired) electrons. The highest BCUT2D eigenvalue weighted by molar-refractivity contribution is 7.93. The van der Waals surface area contributed by atoms with E-state index in [1.807, 2.05) is 0 Å². The summed E-state index contributed by atoms with van der Waals surface area (Å²) in [5.74, 6) is -0.151. The first-order valence-electron chi connectivity index (χ1n) is 7.96. The van der Waals surface area contributed by atoms with Gasteiger partial charge >= 0.3 is 5.97 Å². The Morgan fingerprint density at radius 3 is 2.62 bits per heavy atom. The normalized spacial score (nSPS) is 13.8. The van der Waals surface area contributed by atoms with Crippen LogP contribution in [0.15, 0.2) is 23.1 Å². The Bertz CT molecular complexity index is 952. The molecule has 9 heteroatoms. The van der Waals surface area contributed by atoms with Gasteiger partial charge in [0.15, 0.2) is 0 Å². The van der Waals surface area contributed by atoms with Crippen LogP contribution in [-0.2, 0) is 27.6 Å². The standard InChI is InChI=1S/C17H18ClNO5S2/c1-23-13-8-7-10(9-12(13)18)26(21,22)19-16-15(17(20)24-2)11-5-3-4-6-14(11)25-16/h7-9,19H,3-6H2,1-2H3. The molecule has 1 aliphatic carbocycles. The fraction of sp³-hybridized carbons (Fsp3) is 0.353. The van der Waals surface area contributed by atoms with Crippen molar-refractivity contribution >= 4 is 43.9 Å². The topological polar surface area (TPSA) is 81.7 Å². The Kier molecular flexibility index (Phi) is 5.45. The molecular weight excluding hydrogens is 398 g/mol. The molecule has 1 aliphatic rings. The molecule has 0 saturated heterocycles. The summed E-state index contributed by atoms with van der Waals surface area (Å²) >= 11 is 7.33. The number of carbonyl (C=O) groups excluding carboxylic acids is 1. The fourth-order valence-electron chi connectivity index (χ4n) is 2.95. The highest BCUT2D eigenvalue weighted by Gasteiger charge is 2.28. The first-order chi connectivity index (χ1) is 12.4. The van der Waals surface area contributed by atoms with Crippen molar-refractivity contribution in [2.75, 3.05) is 18.9 Å². The minimum atomic E-state index is -3.91. The molecule has 0 bridgehead atoms. The van der Waals surface area contributed by atoms with Gasteiger partial charge in [-0.2, -0.15) is 0 Å². The number of thiophene rings is 1. The summed E-state index contributed by atoms with van der Waals surface area (Å²) in [4.78, 5) is 13.3. The molecule has 3 rings (SSSR count). The van der Waals surface area contributed by atoms with Crippen molar-refractivity contribution in [1.29, 1.82) is 0 Å². The molecule has 0 spiro atoms. The van der Waals surface area contributed by atoms with Crippen LogP contribution in [0.1, 0.15) is 33.6 Å². The van der Waals surface area contributed by atoms with Crippen LogP contribution in [0.4, 0.5) is 5.00 Å². The summed E-state index contributed by atoms with van der Waals surface area (Å²) in [5.41, 5.74) is 1.20. The molecule has 0 aliphatic heterocycles. The summed E-state index contributed by atoms with van der Waals surface area (Å²) in [6.45, 7) is 0. The second-order valence-electron chi connectivity index (χ2n) is 5.81. The number of benzene rings is 1. The van der Waals surface area contributed by atoms with Gasteiger partial charge < -0.3 is 9.47 Å².